The number of benzene rings is 1. The predicted octanol–water partition coefficient (Wildman–Crippen LogP) is 2.90. The molecule has 1 saturated heterocycles. The topological polar surface area (TPSA) is 91.5 Å². The Labute approximate surface area is 191 Å². The number of H-pyrrole nitrogens is 1. The number of nitrogens with zero attached hydrogens (tertiary/aromatic N) is 1. The number of methoxy groups -OCH3 is 1. The van der Waals surface area contributed by atoms with Crippen molar-refractivity contribution in [2.75, 3.05) is 33.0 Å². The maximum Gasteiger partial charge on any atom is 0.255 e. The van der Waals surface area contributed by atoms with Gasteiger partial charge in [0, 0.05) is 29.9 Å². The van der Waals surface area contributed by atoms with Crippen molar-refractivity contribution in [3.63, 3.8) is 0 Å². The van der Waals surface area contributed by atoms with E-state index in [0.29, 0.717) is 5.56 Å². The molecule has 1 fully saturated rings. The molecule has 7 nitrogen and oxygen atoms in total. The van der Waals surface area contributed by atoms with E-state index in [9.17, 15) is 13.2 Å². The zero-order chi connectivity index (χ0) is 23.5. The summed E-state index contributed by atoms with van der Waals surface area (Å²) in [5.41, 5.74) is 3.44. The smallest absolute Gasteiger partial charge is 0.255 e. The van der Waals surface area contributed by atoms with Gasteiger partial charge in [-0.3, -0.25) is 4.79 Å². The molecule has 0 saturated carbocycles. The Kier molecular flexibility index (Phi) is 7.47. The number of ether oxygens (including phenoxy) is 1. The summed E-state index contributed by atoms with van der Waals surface area (Å²) in [6.07, 6.45) is 5.25. The van der Waals surface area contributed by atoms with Gasteiger partial charge in [0.1, 0.15) is 5.75 Å². The zero-order valence-electron chi connectivity index (χ0n) is 19.7. The summed E-state index contributed by atoms with van der Waals surface area (Å²) in [5.74, 6) is 0.877. The number of sulfonamides is 1. The summed E-state index contributed by atoms with van der Waals surface area (Å²) >= 11 is 0. The fourth-order valence-electron chi connectivity index (χ4n) is 4.33. The highest BCUT2D eigenvalue weighted by atomic mass is 32.2. The van der Waals surface area contributed by atoms with Gasteiger partial charge < -0.3 is 14.6 Å². The first-order chi connectivity index (χ1) is 15.0. The molecule has 2 aromatic rings. The van der Waals surface area contributed by atoms with Crippen LogP contribution in [0.25, 0.3) is 11.1 Å². The molecule has 0 atom stereocenters. The molecule has 176 valence electrons. The number of hydrogen-bond acceptors (Lipinski definition) is 5. The number of likely N-dealkylation sites (tertiary alicyclic amines) is 1. The van der Waals surface area contributed by atoms with Gasteiger partial charge in [-0.1, -0.05) is 20.8 Å². The highest BCUT2D eigenvalue weighted by Crippen LogP contribution is 2.38. The predicted molar refractivity (Wildman–Crippen MR) is 129 cm³/mol. The molecule has 2 heterocycles. The van der Waals surface area contributed by atoms with Gasteiger partial charge in [0.25, 0.3) is 5.56 Å². The van der Waals surface area contributed by atoms with Crippen LogP contribution in [0.5, 0.6) is 5.75 Å². The molecule has 1 aliphatic heterocycles. The van der Waals surface area contributed by atoms with Crippen LogP contribution < -0.4 is 15.0 Å². The summed E-state index contributed by atoms with van der Waals surface area (Å²) in [6.45, 7) is 8.98. The van der Waals surface area contributed by atoms with Crippen LogP contribution >= 0.6 is 0 Å². The minimum Gasteiger partial charge on any atom is -0.496 e. The Bertz CT molecular complexity index is 1090. The molecule has 0 amide bonds. The first-order valence-corrected chi connectivity index (χ1v) is 13.0. The Morgan fingerprint density at radius 2 is 1.91 bits per heavy atom. The minimum absolute atomic E-state index is 0.0106. The van der Waals surface area contributed by atoms with Crippen LogP contribution in [0.4, 0.5) is 0 Å². The van der Waals surface area contributed by atoms with Crippen LogP contribution in [0.15, 0.2) is 35.3 Å². The lowest BCUT2D eigenvalue weighted by molar-refractivity contribution is 0.209. The first kappa shape index (κ1) is 24.5. The van der Waals surface area contributed by atoms with Crippen LogP contribution in [0.3, 0.4) is 0 Å². The van der Waals surface area contributed by atoms with Gasteiger partial charge in [0.2, 0.25) is 10.0 Å². The largest absolute Gasteiger partial charge is 0.496 e. The molecule has 8 heteroatoms. The van der Waals surface area contributed by atoms with E-state index in [1.165, 1.54) is 6.26 Å². The fraction of sp³-hybridized carbons (Fsp3) is 0.542. The third-order valence-corrected chi connectivity index (χ3v) is 6.73. The number of aromatic nitrogens is 1. The van der Waals surface area contributed by atoms with E-state index in [1.807, 2.05) is 12.1 Å². The second-order valence-corrected chi connectivity index (χ2v) is 11.4. The molecule has 0 aliphatic carbocycles. The molecule has 0 spiro atoms. The number of pyridine rings is 1. The first-order valence-electron chi connectivity index (χ1n) is 11.1. The maximum atomic E-state index is 12.4. The number of piperidine rings is 1. The third-order valence-electron chi connectivity index (χ3n) is 5.97. The van der Waals surface area contributed by atoms with Gasteiger partial charge in [-0.15, -0.1) is 0 Å². The van der Waals surface area contributed by atoms with E-state index < -0.39 is 10.0 Å². The summed E-state index contributed by atoms with van der Waals surface area (Å²) in [7, 11) is -1.47. The SMILES string of the molecule is COc1c(CCN2CCC(NS(C)(=O)=O)CC2)cc(-c2ccc[nH]c2=O)cc1C(C)(C)C. The number of aromatic amines is 1. The average molecular weight is 462 g/mol. The van der Waals surface area contributed by atoms with Crippen molar-refractivity contribution in [2.45, 2.75) is 51.5 Å². The van der Waals surface area contributed by atoms with Crippen molar-refractivity contribution in [2.24, 2.45) is 0 Å². The van der Waals surface area contributed by atoms with Gasteiger partial charge in [-0.2, -0.15) is 0 Å². The minimum atomic E-state index is -3.17. The van der Waals surface area contributed by atoms with Gasteiger partial charge in [-0.05, 0) is 73.2 Å². The monoisotopic (exact) mass is 461 g/mol. The summed E-state index contributed by atoms with van der Waals surface area (Å²) in [4.78, 5) is 17.6. The van der Waals surface area contributed by atoms with Crippen molar-refractivity contribution in [3.8, 4) is 16.9 Å². The van der Waals surface area contributed by atoms with Gasteiger partial charge in [-0.25, -0.2) is 13.1 Å². The molecular formula is C24H35N3O4S. The average Bonchev–Trinajstić information content (AvgIpc) is 2.71. The highest BCUT2D eigenvalue weighted by Gasteiger charge is 2.25. The quantitative estimate of drug-likeness (QED) is 0.662. The lowest BCUT2D eigenvalue weighted by atomic mass is 9.82. The van der Waals surface area contributed by atoms with Crippen LogP contribution in [0.2, 0.25) is 0 Å². The molecule has 0 bridgehead atoms. The standard InChI is InChI=1S/C24H35N3O4S/c1-24(2,3)21-16-18(20-7-6-11-25-23(20)28)15-17(22(21)31-4)8-12-27-13-9-19(10-14-27)26-32(5,29)30/h6-7,11,15-16,19,26H,8-10,12-14H2,1-5H3,(H,25,28). The van der Waals surface area contributed by atoms with E-state index in [1.54, 1.807) is 13.3 Å². The molecule has 0 radical (unpaired) electrons. The summed E-state index contributed by atoms with van der Waals surface area (Å²) in [5, 5.41) is 0. The fourth-order valence-corrected chi connectivity index (χ4v) is 5.17. The number of nitrogens with one attached hydrogen (secondary N) is 2. The molecule has 2 N–H and O–H groups in total. The third kappa shape index (κ3) is 6.21. The highest BCUT2D eigenvalue weighted by molar-refractivity contribution is 7.88. The van der Waals surface area contributed by atoms with Gasteiger partial charge in [0.15, 0.2) is 0 Å². The second kappa shape index (κ2) is 9.77. The van der Waals surface area contributed by atoms with E-state index >= 15 is 0 Å². The Hall–Kier alpha value is -2.16. The summed E-state index contributed by atoms with van der Waals surface area (Å²) < 4.78 is 31.5. The summed E-state index contributed by atoms with van der Waals surface area (Å²) in [6, 6.07) is 7.82. The van der Waals surface area contributed by atoms with E-state index in [-0.39, 0.29) is 17.0 Å². The number of rotatable bonds is 7. The second-order valence-electron chi connectivity index (χ2n) is 9.64. The van der Waals surface area contributed by atoms with Crippen LogP contribution in [0, 0.1) is 0 Å². The van der Waals surface area contributed by atoms with E-state index in [4.69, 9.17) is 4.74 Å². The molecular weight excluding hydrogens is 426 g/mol. The Balaban J connectivity index is 1.83. The molecule has 32 heavy (non-hydrogen) atoms. The molecule has 0 unspecified atom stereocenters. The maximum absolute atomic E-state index is 12.4. The Morgan fingerprint density at radius 1 is 1.22 bits per heavy atom. The van der Waals surface area contributed by atoms with Gasteiger partial charge >= 0.3 is 0 Å². The van der Waals surface area contributed by atoms with Crippen molar-refractivity contribution in [3.05, 3.63) is 51.9 Å². The molecule has 1 aromatic carbocycles. The van der Waals surface area contributed by atoms with Crippen molar-refractivity contribution in [1.29, 1.82) is 0 Å². The van der Waals surface area contributed by atoms with Crippen LogP contribution in [0.1, 0.15) is 44.7 Å². The van der Waals surface area contributed by atoms with Crippen molar-refractivity contribution in [1.82, 2.24) is 14.6 Å². The molecule has 3 rings (SSSR count). The number of hydrogen-bond donors (Lipinski definition) is 2. The van der Waals surface area contributed by atoms with E-state index in [2.05, 4.69) is 47.5 Å². The van der Waals surface area contributed by atoms with Crippen LogP contribution in [-0.2, 0) is 21.9 Å². The normalized spacial score (nSPS) is 16.3. The van der Waals surface area contributed by atoms with Crippen molar-refractivity contribution < 1.29 is 13.2 Å². The van der Waals surface area contributed by atoms with Crippen LogP contribution in [-0.4, -0.2) is 57.3 Å². The zero-order valence-corrected chi connectivity index (χ0v) is 20.5. The lowest BCUT2D eigenvalue weighted by Crippen LogP contribution is -2.44. The molecule has 1 aromatic heterocycles. The lowest BCUT2D eigenvalue weighted by Gasteiger charge is -2.32. The van der Waals surface area contributed by atoms with Crippen molar-refractivity contribution >= 4 is 10.0 Å². The molecule has 1 aliphatic rings. The van der Waals surface area contributed by atoms with Gasteiger partial charge in [0.05, 0.1) is 13.4 Å². The van der Waals surface area contributed by atoms with E-state index in [0.717, 1.165) is 61.3 Å². The Morgan fingerprint density at radius 3 is 2.47 bits per heavy atom.